The van der Waals surface area contributed by atoms with Crippen LogP contribution in [0, 0.1) is 12.7 Å². The summed E-state index contributed by atoms with van der Waals surface area (Å²) in [5, 5.41) is 3.31. The molecule has 0 aliphatic rings. The Balaban J connectivity index is 1.71. The van der Waals surface area contributed by atoms with E-state index in [0.29, 0.717) is 10.7 Å². The number of thiazole rings is 1. The van der Waals surface area contributed by atoms with Crippen molar-refractivity contribution < 1.29 is 13.9 Å². The van der Waals surface area contributed by atoms with Crippen molar-refractivity contribution in [3.63, 3.8) is 0 Å². The summed E-state index contributed by atoms with van der Waals surface area (Å²) in [6.45, 7) is 1.92. The summed E-state index contributed by atoms with van der Waals surface area (Å²) < 4.78 is 18.1. The van der Waals surface area contributed by atoms with E-state index in [1.807, 2.05) is 31.2 Å². The number of halogens is 1. The van der Waals surface area contributed by atoms with Crippen molar-refractivity contribution in [2.24, 2.45) is 0 Å². The van der Waals surface area contributed by atoms with Gasteiger partial charge in [0.25, 0.3) is 5.91 Å². The maximum absolute atomic E-state index is 12.9. The Kier molecular flexibility index (Phi) is 5.09. The standard InChI is InChI=1S/C19H17FN2O2S/c1-12-17(11-13-3-9-16(24-2)10-4-13)25-19(21-12)22-18(23)14-5-7-15(20)8-6-14/h3-10H,11H2,1-2H3,(H,21,22,23). The monoisotopic (exact) mass is 356 g/mol. The minimum absolute atomic E-state index is 0.301. The van der Waals surface area contributed by atoms with Crippen LogP contribution in [0.1, 0.15) is 26.5 Å². The van der Waals surface area contributed by atoms with Gasteiger partial charge in [0, 0.05) is 16.9 Å². The second-order valence-corrected chi connectivity index (χ2v) is 6.60. The summed E-state index contributed by atoms with van der Waals surface area (Å²) in [5.74, 6) is 0.144. The number of rotatable bonds is 5. The predicted molar refractivity (Wildman–Crippen MR) is 97.0 cm³/mol. The van der Waals surface area contributed by atoms with E-state index in [1.165, 1.54) is 35.6 Å². The molecule has 1 heterocycles. The predicted octanol–water partition coefficient (Wildman–Crippen LogP) is 4.44. The molecular formula is C19H17FN2O2S. The molecule has 1 aromatic heterocycles. The van der Waals surface area contributed by atoms with Gasteiger partial charge in [-0.1, -0.05) is 12.1 Å². The summed E-state index contributed by atoms with van der Waals surface area (Å²) in [4.78, 5) is 17.7. The Hall–Kier alpha value is -2.73. The normalized spacial score (nSPS) is 10.5. The Morgan fingerprint density at radius 3 is 2.48 bits per heavy atom. The minimum atomic E-state index is -0.372. The number of benzene rings is 2. The number of nitrogens with zero attached hydrogens (tertiary/aromatic N) is 1. The Morgan fingerprint density at radius 2 is 1.84 bits per heavy atom. The van der Waals surface area contributed by atoms with Gasteiger partial charge in [-0.15, -0.1) is 11.3 Å². The maximum Gasteiger partial charge on any atom is 0.257 e. The third-order valence-electron chi connectivity index (χ3n) is 3.74. The Labute approximate surface area is 149 Å². The number of aryl methyl sites for hydroxylation is 1. The van der Waals surface area contributed by atoms with Crippen LogP contribution in [-0.2, 0) is 6.42 Å². The fourth-order valence-corrected chi connectivity index (χ4v) is 3.34. The Bertz CT molecular complexity index is 873. The van der Waals surface area contributed by atoms with Gasteiger partial charge in [0.1, 0.15) is 11.6 Å². The highest BCUT2D eigenvalue weighted by atomic mass is 32.1. The van der Waals surface area contributed by atoms with Gasteiger partial charge < -0.3 is 4.74 Å². The van der Waals surface area contributed by atoms with Crippen molar-refractivity contribution in [2.45, 2.75) is 13.3 Å². The highest BCUT2D eigenvalue weighted by Crippen LogP contribution is 2.26. The zero-order chi connectivity index (χ0) is 17.8. The largest absolute Gasteiger partial charge is 0.497 e. The fourth-order valence-electron chi connectivity index (χ4n) is 2.34. The number of aromatic nitrogens is 1. The van der Waals surface area contributed by atoms with Crippen LogP contribution in [0.15, 0.2) is 48.5 Å². The first kappa shape index (κ1) is 17.1. The summed E-state index contributed by atoms with van der Waals surface area (Å²) in [6.07, 6.45) is 0.736. The van der Waals surface area contributed by atoms with E-state index < -0.39 is 0 Å². The molecule has 0 atom stereocenters. The summed E-state index contributed by atoms with van der Waals surface area (Å²) in [7, 11) is 1.64. The highest BCUT2D eigenvalue weighted by molar-refractivity contribution is 7.15. The maximum atomic E-state index is 12.9. The zero-order valence-electron chi connectivity index (χ0n) is 13.9. The first-order valence-corrected chi connectivity index (χ1v) is 8.53. The number of hydrogen-bond donors (Lipinski definition) is 1. The molecule has 0 saturated heterocycles. The molecule has 3 rings (SSSR count). The van der Waals surface area contributed by atoms with Gasteiger partial charge in [0.2, 0.25) is 0 Å². The molecule has 25 heavy (non-hydrogen) atoms. The van der Waals surface area contributed by atoms with Crippen LogP contribution in [-0.4, -0.2) is 18.0 Å². The molecule has 0 aliphatic heterocycles. The van der Waals surface area contributed by atoms with Gasteiger partial charge in [-0.25, -0.2) is 9.37 Å². The minimum Gasteiger partial charge on any atom is -0.497 e. The molecule has 0 spiro atoms. The average molecular weight is 356 g/mol. The lowest BCUT2D eigenvalue weighted by Gasteiger charge is -2.02. The van der Waals surface area contributed by atoms with Crippen LogP contribution >= 0.6 is 11.3 Å². The second-order valence-electron chi connectivity index (χ2n) is 5.51. The van der Waals surface area contributed by atoms with E-state index >= 15 is 0 Å². The van der Waals surface area contributed by atoms with Gasteiger partial charge in [-0.3, -0.25) is 10.1 Å². The third-order valence-corrected chi connectivity index (χ3v) is 4.82. The molecule has 128 valence electrons. The quantitative estimate of drug-likeness (QED) is 0.735. The van der Waals surface area contributed by atoms with E-state index in [4.69, 9.17) is 4.74 Å². The van der Waals surface area contributed by atoms with E-state index in [1.54, 1.807) is 7.11 Å². The van der Waals surface area contributed by atoms with Crippen molar-refractivity contribution in [3.8, 4) is 5.75 Å². The molecular weight excluding hydrogens is 339 g/mol. The molecule has 0 bridgehead atoms. The third kappa shape index (κ3) is 4.22. The van der Waals surface area contributed by atoms with Gasteiger partial charge in [0.15, 0.2) is 5.13 Å². The molecule has 6 heteroatoms. The summed E-state index contributed by atoms with van der Waals surface area (Å²) >= 11 is 1.44. The lowest BCUT2D eigenvalue weighted by Crippen LogP contribution is -2.11. The summed E-state index contributed by atoms with van der Waals surface area (Å²) in [5.41, 5.74) is 2.42. The SMILES string of the molecule is COc1ccc(Cc2sc(NC(=O)c3ccc(F)cc3)nc2C)cc1. The van der Waals surface area contributed by atoms with Gasteiger partial charge >= 0.3 is 0 Å². The van der Waals surface area contributed by atoms with Crippen LogP contribution in [0.4, 0.5) is 9.52 Å². The number of nitrogens with one attached hydrogen (secondary N) is 1. The number of anilines is 1. The van der Waals surface area contributed by atoms with Crippen LogP contribution < -0.4 is 10.1 Å². The molecule has 2 aromatic carbocycles. The molecule has 0 unspecified atom stereocenters. The van der Waals surface area contributed by atoms with Crippen molar-refractivity contribution in [1.82, 2.24) is 4.98 Å². The molecule has 1 N–H and O–H groups in total. The van der Waals surface area contributed by atoms with E-state index in [2.05, 4.69) is 10.3 Å². The molecule has 0 saturated carbocycles. The highest BCUT2D eigenvalue weighted by Gasteiger charge is 2.12. The zero-order valence-corrected chi connectivity index (χ0v) is 14.7. The van der Waals surface area contributed by atoms with Crippen LogP contribution in [0.2, 0.25) is 0 Å². The number of amides is 1. The van der Waals surface area contributed by atoms with Crippen molar-refractivity contribution >= 4 is 22.4 Å². The van der Waals surface area contributed by atoms with E-state index in [0.717, 1.165) is 28.3 Å². The first-order chi connectivity index (χ1) is 12.0. The number of hydrogen-bond acceptors (Lipinski definition) is 4. The molecule has 0 radical (unpaired) electrons. The van der Waals surface area contributed by atoms with Gasteiger partial charge in [-0.05, 0) is 48.9 Å². The number of carbonyl (C=O) groups is 1. The van der Waals surface area contributed by atoms with Gasteiger partial charge in [-0.2, -0.15) is 0 Å². The lowest BCUT2D eigenvalue weighted by molar-refractivity contribution is 0.102. The molecule has 1 amide bonds. The van der Waals surface area contributed by atoms with Crippen LogP contribution in [0.3, 0.4) is 0 Å². The van der Waals surface area contributed by atoms with Gasteiger partial charge in [0.05, 0.1) is 12.8 Å². The van der Waals surface area contributed by atoms with Crippen LogP contribution in [0.5, 0.6) is 5.75 Å². The molecule has 4 nitrogen and oxygen atoms in total. The topological polar surface area (TPSA) is 51.2 Å². The van der Waals surface area contributed by atoms with Crippen molar-refractivity contribution in [3.05, 3.63) is 76.0 Å². The number of carbonyl (C=O) groups excluding carboxylic acids is 1. The first-order valence-electron chi connectivity index (χ1n) is 7.71. The second kappa shape index (κ2) is 7.44. The smallest absolute Gasteiger partial charge is 0.257 e. The number of methoxy groups -OCH3 is 1. The average Bonchev–Trinajstić information content (AvgIpc) is 2.95. The fraction of sp³-hybridized carbons (Fsp3) is 0.158. The number of ether oxygens (including phenoxy) is 1. The van der Waals surface area contributed by atoms with Crippen molar-refractivity contribution in [1.29, 1.82) is 0 Å². The molecule has 0 aliphatic carbocycles. The van der Waals surface area contributed by atoms with E-state index in [-0.39, 0.29) is 11.7 Å². The van der Waals surface area contributed by atoms with Crippen LogP contribution in [0.25, 0.3) is 0 Å². The lowest BCUT2D eigenvalue weighted by atomic mass is 10.1. The molecule has 3 aromatic rings. The summed E-state index contributed by atoms with van der Waals surface area (Å²) in [6, 6.07) is 13.3. The molecule has 0 fully saturated rings. The van der Waals surface area contributed by atoms with E-state index in [9.17, 15) is 9.18 Å². The van der Waals surface area contributed by atoms with Crippen molar-refractivity contribution in [2.75, 3.05) is 12.4 Å². The Morgan fingerprint density at radius 1 is 1.16 bits per heavy atom.